The van der Waals surface area contributed by atoms with E-state index in [1.165, 1.54) is 0 Å². The first-order valence-electron chi connectivity index (χ1n) is 6.45. The van der Waals surface area contributed by atoms with Gasteiger partial charge in [-0.25, -0.2) is 0 Å². The van der Waals surface area contributed by atoms with Gasteiger partial charge in [-0.2, -0.15) is 10.4 Å². The zero-order valence-corrected chi connectivity index (χ0v) is 10.9. The highest BCUT2D eigenvalue weighted by Crippen LogP contribution is 2.44. The lowest BCUT2D eigenvalue weighted by Gasteiger charge is -2.43. The van der Waals surface area contributed by atoms with E-state index < -0.39 is 0 Å². The molecule has 2 aromatic rings. The molecule has 19 heavy (non-hydrogen) atoms. The van der Waals surface area contributed by atoms with Crippen LogP contribution in [0.4, 0.5) is 5.82 Å². The maximum Gasteiger partial charge on any atom is 0.148 e. The number of nitrogens with zero attached hydrogens (tertiary/aromatic N) is 3. The molecule has 0 spiro atoms. The fourth-order valence-corrected chi connectivity index (χ4v) is 2.73. The van der Waals surface area contributed by atoms with Crippen molar-refractivity contribution in [3.63, 3.8) is 0 Å². The zero-order valence-electron chi connectivity index (χ0n) is 10.9. The van der Waals surface area contributed by atoms with Gasteiger partial charge in [-0.15, -0.1) is 0 Å². The quantitative estimate of drug-likeness (QED) is 0.913. The molecule has 0 amide bonds. The third-order valence-electron chi connectivity index (χ3n) is 3.80. The van der Waals surface area contributed by atoms with Crippen LogP contribution >= 0.6 is 0 Å². The van der Waals surface area contributed by atoms with Crippen molar-refractivity contribution in [2.75, 3.05) is 5.32 Å². The van der Waals surface area contributed by atoms with E-state index in [0.29, 0.717) is 6.04 Å². The molecule has 4 heteroatoms. The van der Waals surface area contributed by atoms with Crippen LogP contribution in [0.2, 0.25) is 0 Å². The summed E-state index contributed by atoms with van der Waals surface area (Å²) in [5.41, 5.74) is 0.796. The van der Waals surface area contributed by atoms with E-state index in [2.05, 4.69) is 16.5 Å². The minimum atomic E-state index is -0.326. The molecule has 96 valence electrons. The van der Waals surface area contributed by atoms with Crippen LogP contribution in [-0.4, -0.2) is 15.8 Å². The smallest absolute Gasteiger partial charge is 0.148 e. The predicted octanol–water partition coefficient (Wildman–Crippen LogP) is 2.46. The van der Waals surface area contributed by atoms with Crippen LogP contribution in [0.1, 0.15) is 18.4 Å². The Hall–Kier alpha value is -2.28. The van der Waals surface area contributed by atoms with E-state index in [9.17, 15) is 5.26 Å². The van der Waals surface area contributed by atoms with Crippen molar-refractivity contribution in [2.24, 2.45) is 7.05 Å². The molecule has 0 saturated heterocycles. The highest BCUT2D eigenvalue weighted by molar-refractivity contribution is 5.42. The second-order valence-electron chi connectivity index (χ2n) is 5.18. The Morgan fingerprint density at radius 3 is 2.63 bits per heavy atom. The summed E-state index contributed by atoms with van der Waals surface area (Å²) >= 11 is 0. The van der Waals surface area contributed by atoms with Crippen LogP contribution in [0, 0.1) is 11.3 Å². The maximum atomic E-state index is 9.48. The molecule has 1 aliphatic carbocycles. The molecule has 1 aromatic heterocycles. The average molecular weight is 252 g/mol. The summed E-state index contributed by atoms with van der Waals surface area (Å²) in [5.74, 6) is 0.882. The number of aromatic nitrogens is 2. The number of benzene rings is 1. The summed E-state index contributed by atoms with van der Waals surface area (Å²) in [5, 5.41) is 17.2. The lowest BCUT2D eigenvalue weighted by molar-refractivity contribution is 0.289. The Kier molecular flexibility index (Phi) is 2.75. The minimum absolute atomic E-state index is 0.326. The number of anilines is 1. The molecular weight excluding hydrogens is 236 g/mol. The summed E-state index contributed by atoms with van der Waals surface area (Å²) in [6.45, 7) is 0. The average Bonchev–Trinajstić information content (AvgIpc) is 2.80. The SMILES string of the molecule is Cn1ccc(NC2CC(C#N)(c3ccccc3)C2)n1. The first-order chi connectivity index (χ1) is 9.22. The monoisotopic (exact) mass is 252 g/mol. The Morgan fingerprint density at radius 1 is 1.32 bits per heavy atom. The molecule has 1 aliphatic rings. The lowest BCUT2D eigenvalue weighted by atomic mass is 9.62. The zero-order chi connectivity index (χ0) is 13.3. The third kappa shape index (κ3) is 2.08. The molecular formula is C15H16N4. The van der Waals surface area contributed by atoms with Crippen molar-refractivity contribution < 1.29 is 0 Å². The van der Waals surface area contributed by atoms with E-state index in [0.717, 1.165) is 24.2 Å². The Bertz CT molecular complexity index is 603. The minimum Gasteiger partial charge on any atom is -0.366 e. The highest BCUT2D eigenvalue weighted by atomic mass is 15.3. The van der Waals surface area contributed by atoms with E-state index in [-0.39, 0.29) is 5.41 Å². The number of rotatable bonds is 3. The molecule has 1 saturated carbocycles. The van der Waals surface area contributed by atoms with Gasteiger partial charge in [-0.3, -0.25) is 4.68 Å². The standard InChI is InChI=1S/C15H16N4/c1-19-8-7-14(18-19)17-13-9-15(10-13,11-16)12-5-3-2-4-6-12/h2-8,13H,9-10H2,1H3,(H,17,18). The van der Waals surface area contributed by atoms with Crippen molar-refractivity contribution in [2.45, 2.75) is 24.3 Å². The van der Waals surface area contributed by atoms with Crippen molar-refractivity contribution in [1.82, 2.24) is 9.78 Å². The first-order valence-corrected chi connectivity index (χ1v) is 6.45. The molecule has 1 fully saturated rings. The molecule has 0 aliphatic heterocycles. The van der Waals surface area contributed by atoms with Crippen molar-refractivity contribution in [3.05, 3.63) is 48.2 Å². The molecule has 0 unspecified atom stereocenters. The van der Waals surface area contributed by atoms with Crippen molar-refractivity contribution in [1.29, 1.82) is 5.26 Å². The maximum absolute atomic E-state index is 9.48. The highest BCUT2D eigenvalue weighted by Gasteiger charge is 2.46. The summed E-state index contributed by atoms with van der Waals surface area (Å²) in [7, 11) is 1.90. The summed E-state index contributed by atoms with van der Waals surface area (Å²) in [4.78, 5) is 0. The Morgan fingerprint density at radius 2 is 2.05 bits per heavy atom. The van der Waals surface area contributed by atoms with Gasteiger partial charge >= 0.3 is 0 Å². The number of nitrogens with one attached hydrogen (secondary N) is 1. The molecule has 3 rings (SSSR count). The van der Waals surface area contributed by atoms with Gasteiger partial charge in [0.1, 0.15) is 5.82 Å². The summed E-state index contributed by atoms with van der Waals surface area (Å²) in [6, 6.07) is 14.8. The van der Waals surface area contributed by atoms with Crippen LogP contribution < -0.4 is 5.32 Å². The van der Waals surface area contributed by atoms with Crippen molar-refractivity contribution in [3.8, 4) is 6.07 Å². The second-order valence-corrected chi connectivity index (χ2v) is 5.18. The number of hydrogen-bond acceptors (Lipinski definition) is 3. The largest absolute Gasteiger partial charge is 0.366 e. The third-order valence-corrected chi connectivity index (χ3v) is 3.80. The van der Waals surface area contributed by atoms with Crippen LogP contribution in [-0.2, 0) is 12.5 Å². The van der Waals surface area contributed by atoms with Gasteiger partial charge in [0, 0.05) is 25.4 Å². The van der Waals surface area contributed by atoms with Gasteiger partial charge in [0.15, 0.2) is 0 Å². The van der Waals surface area contributed by atoms with Crippen LogP contribution in [0.3, 0.4) is 0 Å². The molecule has 1 aromatic carbocycles. The second kappa shape index (κ2) is 4.43. The normalized spacial score (nSPS) is 25.4. The van der Waals surface area contributed by atoms with Gasteiger partial charge in [0.2, 0.25) is 0 Å². The van der Waals surface area contributed by atoms with Gasteiger partial charge in [0.25, 0.3) is 0 Å². The van der Waals surface area contributed by atoms with Crippen LogP contribution in [0.15, 0.2) is 42.6 Å². The molecule has 1 N–H and O–H groups in total. The predicted molar refractivity (Wildman–Crippen MR) is 73.6 cm³/mol. The molecule has 0 atom stereocenters. The van der Waals surface area contributed by atoms with Gasteiger partial charge < -0.3 is 5.32 Å². The Labute approximate surface area is 112 Å². The number of nitriles is 1. The van der Waals surface area contributed by atoms with Crippen LogP contribution in [0.5, 0.6) is 0 Å². The molecule has 0 bridgehead atoms. The fraction of sp³-hybridized carbons (Fsp3) is 0.333. The van der Waals surface area contributed by atoms with Gasteiger partial charge in [0.05, 0.1) is 11.5 Å². The summed E-state index contributed by atoms with van der Waals surface area (Å²) < 4.78 is 1.77. The molecule has 1 heterocycles. The van der Waals surface area contributed by atoms with E-state index in [4.69, 9.17) is 0 Å². The van der Waals surface area contributed by atoms with E-state index in [1.807, 2.05) is 49.6 Å². The topological polar surface area (TPSA) is 53.6 Å². The molecule has 4 nitrogen and oxygen atoms in total. The van der Waals surface area contributed by atoms with Gasteiger partial charge in [-0.05, 0) is 18.4 Å². The van der Waals surface area contributed by atoms with E-state index in [1.54, 1.807) is 4.68 Å². The summed E-state index contributed by atoms with van der Waals surface area (Å²) in [6.07, 6.45) is 3.59. The Balaban J connectivity index is 1.69. The van der Waals surface area contributed by atoms with E-state index >= 15 is 0 Å². The fourth-order valence-electron chi connectivity index (χ4n) is 2.73. The number of hydrogen-bond donors (Lipinski definition) is 1. The lowest BCUT2D eigenvalue weighted by Crippen LogP contribution is -2.47. The first kappa shape index (κ1) is 11.8. The number of aryl methyl sites for hydroxylation is 1. The van der Waals surface area contributed by atoms with Crippen LogP contribution in [0.25, 0.3) is 0 Å². The molecule has 0 radical (unpaired) electrons. The van der Waals surface area contributed by atoms with Crippen molar-refractivity contribution >= 4 is 5.82 Å². The van der Waals surface area contributed by atoms with Gasteiger partial charge in [-0.1, -0.05) is 30.3 Å².